The van der Waals surface area contributed by atoms with Gasteiger partial charge in [0.1, 0.15) is 11.9 Å². The molecular weight excluding hydrogens is 271 g/mol. The van der Waals surface area contributed by atoms with Crippen molar-refractivity contribution in [3.63, 3.8) is 0 Å². The Labute approximate surface area is 124 Å². The van der Waals surface area contributed by atoms with Gasteiger partial charge in [0.05, 0.1) is 0 Å². The quantitative estimate of drug-likeness (QED) is 0.925. The van der Waals surface area contributed by atoms with Crippen LogP contribution in [0.4, 0.5) is 4.39 Å². The van der Waals surface area contributed by atoms with Crippen molar-refractivity contribution in [1.29, 1.82) is 0 Å². The number of hydrogen-bond donors (Lipinski definition) is 1. The molecule has 0 aromatic heterocycles. The molecule has 4 nitrogen and oxygen atoms in total. The van der Waals surface area contributed by atoms with E-state index in [4.69, 9.17) is 0 Å². The molecule has 1 aromatic rings. The Morgan fingerprint density at radius 2 is 1.95 bits per heavy atom. The van der Waals surface area contributed by atoms with Crippen molar-refractivity contribution in [2.75, 3.05) is 0 Å². The molecule has 1 aromatic carbocycles. The second-order valence-corrected chi connectivity index (χ2v) is 5.55. The van der Waals surface area contributed by atoms with Crippen LogP contribution in [0.25, 0.3) is 0 Å². The number of halogens is 1. The summed E-state index contributed by atoms with van der Waals surface area (Å²) in [5.74, 6) is -0.440. The fourth-order valence-corrected chi connectivity index (χ4v) is 2.62. The fourth-order valence-electron chi connectivity index (χ4n) is 2.62. The van der Waals surface area contributed by atoms with Crippen LogP contribution in [0.15, 0.2) is 24.3 Å². The third-order valence-electron chi connectivity index (χ3n) is 3.77. The first-order valence-corrected chi connectivity index (χ1v) is 7.35. The SMILES string of the molecule is CCCC1NC(=O)CC(C)N(Cc2ccc(F)cc2)C1=O. The van der Waals surface area contributed by atoms with Gasteiger partial charge in [0, 0.05) is 19.0 Å². The molecule has 2 unspecified atom stereocenters. The van der Waals surface area contributed by atoms with Crippen molar-refractivity contribution in [3.8, 4) is 0 Å². The zero-order valence-corrected chi connectivity index (χ0v) is 12.4. The standard InChI is InChI=1S/C16H21FN2O2/c1-3-4-14-16(21)19(11(2)9-15(20)18-14)10-12-5-7-13(17)8-6-12/h5-8,11,14H,3-4,9-10H2,1-2H3,(H,18,20). The van der Waals surface area contributed by atoms with E-state index in [0.29, 0.717) is 19.4 Å². The van der Waals surface area contributed by atoms with E-state index in [1.807, 2.05) is 13.8 Å². The van der Waals surface area contributed by atoms with E-state index >= 15 is 0 Å². The van der Waals surface area contributed by atoms with Crippen molar-refractivity contribution in [2.45, 2.75) is 51.7 Å². The maximum Gasteiger partial charge on any atom is 0.245 e. The molecule has 0 radical (unpaired) electrons. The molecule has 21 heavy (non-hydrogen) atoms. The fraction of sp³-hybridized carbons (Fsp3) is 0.500. The maximum absolute atomic E-state index is 13.0. The normalized spacial score (nSPS) is 22.9. The molecule has 2 amide bonds. The highest BCUT2D eigenvalue weighted by Crippen LogP contribution is 2.17. The topological polar surface area (TPSA) is 49.4 Å². The largest absolute Gasteiger partial charge is 0.344 e. The van der Waals surface area contributed by atoms with Crippen LogP contribution in [0.2, 0.25) is 0 Å². The molecule has 114 valence electrons. The Kier molecular flexibility index (Phi) is 4.94. The first kappa shape index (κ1) is 15.5. The van der Waals surface area contributed by atoms with E-state index < -0.39 is 6.04 Å². The molecule has 1 saturated heterocycles. The Balaban J connectivity index is 2.19. The first-order valence-electron chi connectivity index (χ1n) is 7.35. The minimum atomic E-state index is -0.451. The zero-order chi connectivity index (χ0) is 15.4. The Hall–Kier alpha value is -1.91. The summed E-state index contributed by atoms with van der Waals surface area (Å²) >= 11 is 0. The molecule has 0 aliphatic carbocycles. The number of carbonyl (C=O) groups excluding carboxylic acids is 2. The minimum Gasteiger partial charge on any atom is -0.344 e. The van der Waals surface area contributed by atoms with Gasteiger partial charge in [0.2, 0.25) is 11.8 Å². The third kappa shape index (κ3) is 3.80. The van der Waals surface area contributed by atoms with Gasteiger partial charge in [0.15, 0.2) is 0 Å². The molecule has 2 atom stereocenters. The number of hydrogen-bond acceptors (Lipinski definition) is 2. The van der Waals surface area contributed by atoms with Crippen LogP contribution in [0.3, 0.4) is 0 Å². The van der Waals surface area contributed by atoms with E-state index in [1.165, 1.54) is 12.1 Å². The second-order valence-electron chi connectivity index (χ2n) is 5.55. The summed E-state index contributed by atoms with van der Waals surface area (Å²) in [4.78, 5) is 26.1. The Bertz CT molecular complexity index is 516. The highest BCUT2D eigenvalue weighted by Gasteiger charge is 2.33. The average Bonchev–Trinajstić information content (AvgIpc) is 2.53. The van der Waals surface area contributed by atoms with Crippen LogP contribution in [0, 0.1) is 5.82 Å². The smallest absolute Gasteiger partial charge is 0.245 e. The van der Waals surface area contributed by atoms with Gasteiger partial charge in [-0.15, -0.1) is 0 Å². The molecule has 2 rings (SSSR count). The van der Waals surface area contributed by atoms with Gasteiger partial charge in [-0.2, -0.15) is 0 Å². The second kappa shape index (κ2) is 6.70. The number of rotatable bonds is 4. The van der Waals surface area contributed by atoms with Crippen LogP contribution in [-0.4, -0.2) is 28.8 Å². The molecule has 1 aliphatic rings. The summed E-state index contributed by atoms with van der Waals surface area (Å²) in [6, 6.07) is 5.50. The maximum atomic E-state index is 13.0. The Morgan fingerprint density at radius 1 is 1.29 bits per heavy atom. The minimum absolute atomic E-state index is 0.0560. The summed E-state index contributed by atoms with van der Waals surface area (Å²) < 4.78 is 13.0. The van der Waals surface area contributed by atoms with Crippen molar-refractivity contribution in [2.24, 2.45) is 0 Å². The number of nitrogens with zero attached hydrogens (tertiary/aromatic N) is 1. The third-order valence-corrected chi connectivity index (χ3v) is 3.77. The first-order chi connectivity index (χ1) is 10.0. The van der Waals surface area contributed by atoms with E-state index in [0.717, 1.165) is 12.0 Å². The van der Waals surface area contributed by atoms with Gasteiger partial charge in [-0.3, -0.25) is 9.59 Å². The molecule has 0 spiro atoms. The predicted octanol–water partition coefficient (Wildman–Crippen LogP) is 2.23. The number of carbonyl (C=O) groups is 2. The van der Waals surface area contributed by atoms with Gasteiger partial charge in [0.25, 0.3) is 0 Å². The molecule has 1 heterocycles. The number of nitrogens with one attached hydrogen (secondary N) is 1. The number of benzene rings is 1. The zero-order valence-electron chi connectivity index (χ0n) is 12.4. The lowest BCUT2D eigenvalue weighted by Gasteiger charge is -2.28. The van der Waals surface area contributed by atoms with Crippen molar-refractivity contribution in [3.05, 3.63) is 35.6 Å². The van der Waals surface area contributed by atoms with Gasteiger partial charge < -0.3 is 10.2 Å². The van der Waals surface area contributed by atoms with Gasteiger partial charge in [-0.1, -0.05) is 25.5 Å². The van der Waals surface area contributed by atoms with Crippen LogP contribution in [0.1, 0.15) is 38.7 Å². The lowest BCUT2D eigenvalue weighted by atomic mass is 10.1. The lowest BCUT2D eigenvalue weighted by Crippen LogP contribution is -2.45. The molecule has 0 bridgehead atoms. The summed E-state index contributed by atoms with van der Waals surface area (Å²) in [5, 5.41) is 2.79. The molecule has 1 fully saturated rings. The molecule has 5 heteroatoms. The highest BCUT2D eigenvalue weighted by atomic mass is 19.1. The molecule has 0 saturated carbocycles. The van der Waals surface area contributed by atoms with Crippen LogP contribution in [-0.2, 0) is 16.1 Å². The van der Waals surface area contributed by atoms with Gasteiger partial charge in [-0.25, -0.2) is 4.39 Å². The van der Waals surface area contributed by atoms with Crippen LogP contribution < -0.4 is 5.32 Å². The van der Waals surface area contributed by atoms with E-state index in [9.17, 15) is 14.0 Å². The summed E-state index contributed by atoms with van der Waals surface area (Å²) in [6.07, 6.45) is 1.76. The Morgan fingerprint density at radius 3 is 2.57 bits per heavy atom. The van der Waals surface area contributed by atoms with Gasteiger partial charge >= 0.3 is 0 Å². The van der Waals surface area contributed by atoms with Crippen molar-refractivity contribution in [1.82, 2.24) is 10.2 Å². The van der Waals surface area contributed by atoms with E-state index in [1.54, 1.807) is 17.0 Å². The van der Waals surface area contributed by atoms with Crippen LogP contribution >= 0.6 is 0 Å². The number of amides is 2. The average molecular weight is 292 g/mol. The van der Waals surface area contributed by atoms with Crippen molar-refractivity contribution >= 4 is 11.8 Å². The summed E-state index contributed by atoms with van der Waals surface area (Å²) in [6.45, 7) is 4.25. The summed E-state index contributed by atoms with van der Waals surface area (Å²) in [7, 11) is 0. The van der Waals surface area contributed by atoms with Gasteiger partial charge in [-0.05, 0) is 31.0 Å². The monoisotopic (exact) mass is 292 g/mol. The van der Waals surface area contributed by atoms with E-state index in [2.05, 4.69) is 5.32 Å². The summed E-state index contributed by atoms with van der Waals surface area (Å²) in [5.41, 5.74) is 0.862. The lowest BCUT2D eigenvalue weighted by molar-refractivity contribution is -0.135. The predicted molar refractivity (Wildman–Crippen MR) is 77.9 cm³/mol. The highest BCUT2D eigenvalue weighted by molar-refractivity contribution is 5.90. The molecular formula is C16H21FN2O2. The van der Waals surface area contributed by atoms with Crippen molar-refractivity contribution < 1.29 is 14.0 Å². The van der Waals surface area contributed by atoms with E-state index in [-0.39, 0.29) is 23.7 Å². The van der Waals surface area contributed by atoms with Crippen LogP contribution in [0.5, 0.6) is 0 Å². The molecule has 1 N–H and O–H groups in total. The molecule has 1 aliphatic heterocycles.